The molecule has 3 rings (SSSR count). The summed E-state index contributed by atoms with van der Waals surface area (Å²) in [7, 11) is 0. The van der Waals surface area contributed by atoms with Crippen LogP contribution in [0.2, 0.25) is 8.87 Å². The van der Waals surface area contributed by atoms with E-state index in [1.54, 1.807) is 5.56 Å². The summed E-state index contributed by atoms with van der Waals surface area (Å²) in [6, 6.07) is 9.47. The van der Waals surface area contributed by atoms with Gasteiger partial charge in [0.05, 0.1) is 0 Å². The van der Waals surface area contributed by atoms with Crippen molar-refractivity contribution in [3.05, 3.63) is 45.6 Å². The topological polar surface area (TPSA) is 0 Å². The Kier molecular flexibility index (Phi) is 7.27. The van der Waals surface area contributed by atoms with Gasteiger partial charge in [-0.05, 0) is 0 Å². The summed E-state index contributed by atoms with van der Waals surface area (Å²) in [5.74, 6) is 0.897. The summed E-state index contributed by atoms with van der Waals surface area (Å²) in [4.78, 5) is 0. The summed E-state index contributed by atoms with van der Waals surface area (Å²) >= 11 is -2.58. The van der Waals surface area contributed by atoms with Crippen LogP contribution in [0.5, 0.6) is 0 Å². The van der Waals surface area contributed by atoms with Crippen molar-refractivity contribution >= 4 is 28.0 Å². The van der Waals surface area contributed by atoms with Gasteiger partial charge >= 0.3 is 160 Å². The van der Waals surface area contributed by atoms with Crippen molar-refractivity contribution in [2.45, 2.75) is 80.5 Å². The normalized spacial score (nSPS) is 20.0. The molecule has 1 saturated carbocycles. The van der Waals surface area contributed by atoms with E-state index in [0.29, 0.717) is 0 Å². The fourth-order valence-corrected chi connectivity index (χ4v) is 23.0. The molecule has 0 spiro atoms. The van der Waals surface area contributed by atoms with Gasteiger partial charge in [0.2, 0.25) is 0 Å². The molecule has 0 nitrogen and oxygen atoms in total. The van der Waals surface area contributed by atoms with E-state index in [1.165, 1.54) is 66.7 Å². The predicted molar refractivity (Wildman–Crippen MR) is 115 cm³/mol. The molecule has 0 N–H and O–H groups in total. The summed E-state index contributed by atoms with van der Waals surface area (Å²) < 4.78 is 6.87. The molecule has 1 heterocycles. The first-order chi connectivity index (χ1) is 12.3. The van der Waals surface area contributed by atoms with Gasteiger partial charge < -0.3 is 0 Å². The summed E-state index contributed by atoms with van der Waals surface area (Å²) in [6.45, 7) is 4.76. The van der Waals surface area contributed by atoms with Gasteiger partial charge in [0.15, 0.2) is 0 Å². The van der Waals surface area contributed by atoms with Gasteiger partial charge in [-0.25, -0.2) is 0 Å². The van der Waals surface area contributed by atoms with E-state index in [2.05, 4.69) is 56.3 Å². The third kappa shape index (κ3) is 4.26. The molecule has 1 fully saturated rings. The maximum absolute atomic E-state index is 2.62. The van der Waals surface area contributed by atoms with E-state index in [9.17, 15) is 0 Å². The standard InChI is InChI=1S/C16H18.2C4H9.Sn/c1-3-9-15(10-4-1)13-7-8-14-16-11-5-2-6-12-16;2*1-3-4-2;/h1,3-4,7-9,13,16H,2,5-6,11-12H2;2*1,3-4H2,2H3;. The van der Waals surface area contributed by atoms with Crippen LogP contribution in [-0.4, -0.2) is 18.4 Å². The molecule has 1 aliphatic carbocycles. The van der Waals surface area contributed by atoms with E-state index >= 15 is 0 Å². The molecule has 1 aromatic carbocycles. The average molecular weight is 443 g/mol. The van der Waals surface area contributed by atoms with Gasteiger partial charge in [0.1, 0.15) is 0 Å². The molecule has 0 atom stereocenters. The minimum atomic E-state index is -2.58. The van der Waals surface area contributed by atoms with E-state index < -0.39 is 18.4 Å². The van der Waals surface area contributed by atoms with E-state index in [4.69, 9.17) is 0 Å². The van der Waals surface area contributed by atoms with Gasteiger partial charge in [-0.1, -0.05) is 0 Å². The van der Waals surface area contributed by atoms with Crippen LogP contribution in [0, 0.1) is 5.92 Å². The molecule has 0 unspecified atom stereocenters. The van der Waals surface area contributed by atoms with Crippen molar-refractivity contribution in [1.29, 1.82) is 0 Å². The zero-order chi connectivity index (χ0) is 17.5. The number of hydrogen-bond acceptors (Lipinski definition) is 0. The fraction of sp³-hybridized carbons (Fsp3) is 0.583. The third-order valence-electron chi connectivity index (χ3n) is 6.54. The Morgan fingerprint density at radius 1 is 0.920 bits per heavy atom. The molecule has 0 bridgehead atoms. The van der Waals surface area contributed by atoms with Crippen LogP contribution in [0.25, 0.3) is 6.08 Å². The molecule has 1 aliphatic heterocycles. The Labute approximate surface area is 159 Å². The number of hydrogen-bond donors (Lipinski definition) is 0. The number of benzene rings is 1. The molecule has 1 aromatic rings. The van der Waals surface area contributed by atoms with Crippen LogP contribution in [-0.2, 0) is 0 Å². The Morgan fingerprint density at radius 3 is 2.28 bits per heavy atom. The molecule has 0 amide bonds. The number of allylic oxidation sites excluding steroid dienone is 3. The van der Waals surface area contributed by atoms with Crippen molar-refractivity contribution in [1.82, 2.24) is 0 Å². The molecule has 136 valence electrons. The third-order valence-corrected chi connectivity index (χ3v) is 22.5. The maximum atomic E-state index is 2.62. The second-order valence-corrected chi connectivity index (χ2v) is 20.4. The van der Waals surface area contributed by atoms with Crippen molar-refractivity contribution in [2.24, 2.45) is 5.92 Å². The van der Waals surface area contributed by atoms with Crippen LogP contribution in [0.1, 0.15) is 77.2 Å². The Bertz CT molecular complexity index is 596. The number of rotatable bonds is 7. The first-order valence-corrected chi connectivity index (χ1v) is 17.7. The van der Waals surface area contributed by atoms with Crippen LogP contribution in [0.3, 0.4) is 0 Å². The summed E-state index contributed by atoms with van der Waals surface area (Å²) in [5.41, 5.74) is 1.55. The quantitative estimate of drug-likeness (QED) is 0.398. The van der Waals surface area contributed by atoms with Gasteiger partial charge in [-0.3, -0.25) is 0 Å². The van der Waals surface area contributed by atoms with Crippen molar-refractivity contribution in [3.63, 3.8) is 0 Å². The molecule has 0 saturated heterocycles. The van der Waals surface area contributed by atoms with Crippen molar-refractivity contribution < 1.29 is 0 Å². The van der Waals surface area contributed by atoms with Gasteiger partial charge in [-0.15, -0.1) is 0 Å². The second-order valence-electron chi connectivity index (χ2n) is 8.19. The second kappa shape index (κ2) is 9.44. The van der Waals surface area contributed by atoms with E-state index in [0.717, 1.165) is 5.92 Å². The monoisotopic (exact) mass is 444 g/mol. The molecular formula is C24H36Sn. The summed E-state index contributed by atoms with van der Waals surface area (Å²) in [6.07, 6.45) is 20.3. The SMILES string of the molecule is CCC[CH2][Sn]1([CH2]CCC)[C](C2CCCCC2)=CC=Cc2cccc[c]21. The van der Waals surface area contributed by atoms with Crippen LogP contribution in [0.4, 0.5) is 0 Å². The molecular weight excluding hydrogens is 407 g/mol. The molecule has 2 aliphatic rings. The zero-order valence-electron chi connectivity index (χ0n) is 16.4. The van der Waals surface area contributed by atoms with E-state index in [-0.39, 0.29) is 0 Å². The Morgan fingerprint density at radius 2 is 1.60 bits per heavy atom. The van der Waals surface area contributed by atoms with Gasteiger partial charge in [-0.2, -0.15) is 0 Å². The van der Waals surface area contributed by atoms with Crippen LogP contribution in [0.15, 0.2) is 40.0 Å². The molecule has 1 heteroatoms. The molecule has 25 heavy (non-hydrogen) atoms. The fourth-order valence-electron chi connectivity index (χ4n) is 5.23. The molecule has 0 aromatic heterocycles. The van der Waals surface area contributed by atoms with Gasteiger partial charge in [0.25, 0.3) is 0 Å². The number of fused-ring (bicyclic) bond motifs is 1. The summed E-state index contributed by atoms with van der Waals surface area (Å²) in [5, 5.41) is 0. The Hall–Kier alpha value is -0.501. The molecule has 0 radical (unpaired) electrons. The minimum absolute atomic E-state index is 0.897. The zero-order valence-corrected chi connectivity index (χ0v) is 19.3. The first-order valence-electron chi connectivity index (χ1n) is 10.8. The van der Waals surface area contributed by atoms with Gasteiger partial charge in [0, 0.05) is 0 Å². The average Bonchev–Trinajstić information content (AvgIpc) is 2.83. The van der Waals surface area contributed by atoms with Crippen LogP contribution < -0.4 is 3.58 Å². The van der Waals surface area contributed by atoms with Crippen molar-refractivity contribution in [2.75, 3.05) is 0 Å². The Balaban J connectivity index is 2.09. The number of unbranched alkanes of at least 4 members (excludes halogenated alkanes) is 2. The van der Waals surface area contributed by atoms with E-state index in [1.807, 2.05) is 7.17 Å². The first kappa shape index (κ1) is 19.3. The van der Waals surface area contributed by atoms with Crippen LogP contribution >= 0.6 is 0 Å². The van der Waals surface area contributed by atoms with Crippen molar-refractivity contribution in [3.8, 4) is 0 Å². The predicted octanol–water partition coefficient (Wildman–Crippen LogP) is 7.02.